The van der Waals surface area contributed by atoms with Crippen LogP contribution < -0.4 is 4.74 Å². The van der Waals surface area contributed by atoms with Gasteiger partial charge in [0.15, 0.2) is 0 Å². The Hall–Kier alpha value is -2.75. The molecule has 0 radical (unpaired) electrons. The highest BCUT2D eigenvalue weighted by molar-refractivity contribution is 7.89. The minimum atomic E-state index is -3.69. The van der Waals surface area contributed by atoms with Gasteiger partial charge < -0.3 is 9.47 Å². The van der Waals surface area contributed by atoms with Gasteiger partial charge in [0.2, 0.25) is 10.0 Å². The molecule has 3 heterocycles. The number of esters is 1. The van der Waals surface area contributed by atoms with Crippen LogP contribution in [0.3, 0.4) is 0 Å². The maximum absolute atomic E-state index is 12.9. The van der Waals surface area contributed by atoms with Gasteiger partial charge in [-0.05, 0) is 42.5 Å². The smallest absolute Gasteiger partial charge is 0.350 e. The van der Waals surface area contributed by atoms with Crippen LogP contribution in [0.5, 0.6) is 11.5 Å². The minimum Gasteiger partial charge on any atom is -0.456 e. The summed E-state index contributed by atoms with van der Waals surface area (Å²) in [5, 5.41) is 1.60. The summed E-state index contributed by atoms with van der Waals surface area (Å²) < 4.78 is 38.4. The molecule has 0 bridgehead atoms. The molecule has 30 heavy (non-hydrogen) atoms. The lowest BCUT2D eigenvalue weighted by molar-refractivity contribution is 0.0472. The van der Waals surface area contributed by atoms with E-state index in [0.717, 1.165) is 24.2 Å². The maximum atomic E-state index is 12.9. The molecule has 1 aliphatic rings. The summed E-state index contributed by atoms with van der Waals surface area (Å²) in [6, 6.07) is 12.2. The van der Waals surface area contributed by atoms with E-state index >= 15 is 0 Å². The highest BCUT2D eigenvalue weighted by atomic mass is 32.2. The van der Waals surface area contributed by atoms with Crippen molar-refractivity contribution in [3.8, 4) is 11.5 Å². The number of ether oxygens (including phenoxy) is 2. The minimum absolute atomic E-state index is 0.0132. The van der Waals surface area contributed by atoms with E-state index in [1.54, 1.807) is 42.0 Å². The van der Waals surface area contributed by atoms with E-state index in [-0.39, 0.29) is 16.4 Å². The average Bonchev–Trinajstić information content (AvgIpc) is 3.46. The Labute approximate surface area is 178 Å². The predicted molar refractivity (Wildman–Crippen MR) is 112 cm³/mol. The molecule has 9 heteroatoms. The molecule has 1 saturated heterocycles. The fourth-order valence-electron chi connectivity index (χ4n) is 3.18. The van der Waals surface area contributed by atoms with E-state index in [9.17, 15) is 13.2 Å². The standard InChI is InChI=1S/C21H20N2O5S2/c24-21(20-19(9-13-29-20)30(25,26)23-11-3-4-12-23)27-15-16-6-1-2-8-18(16)28-17-7-5-10-22-14-17/h1-2,5-10,13-14H,3-4,11-12,15H2. The molecule has 1 aliphatic heterocycles. The molecular formula is C21H20N2O5S2. The van der Waals surface area contributed by atoms with Crippen molar-refractivity contribution in [1.29, 1.82) is 0 Å². The zero-order chi connectivity index (χ0) is 21.0. The number of hydrogen-bond acceptors (Lipinski definition) is 7. The van der Waals surface area contributed by atoms with Crippen molar-refractivity contribution in [2.75, 3.05) is 13.1 Å². The summed E-state index contributed by atoms with van der Waals surface area (Å²) in [7, 11) is -3.69. The number of aromatic nitrogens is 1. The Balaban J connectivity index is 1.49. The topological polar surface area (TPSA) is 85.8 Å². The van der Waals surface area contributed by atoms with E-state index in [1.807, 2.05) is 12.1 Å². The number of rotatable bonds is 7. The van der Waals surface area contributed by atoms with Gasteiger partial charge in [-0.1, -0.05) is 18.2 Å². The van der Waals surface area contributed by atoms with Gasteiger partial charge in [-0.15, -0.1) is 11.3 Å². The molecule has 0 amide bonds. The molecule has 0 aliphatic carbocycles. The van der Waals surface area contributed by atoms with E-state index in [1.165, 1.54) is 10.4 Å². The van der Waals surface area contributed by atoms with Gasteiger partial charge in [-0.25, -0.2) is 13.2 Å². The number of thiophene rings is 1. The van der Waals surface area contributed by atoms with Crippen molar-refractivity contribution in [2.45, 2.75) is 24.3 Å². The van der Waals surface area contributed by atoms with Crippen LogP contribution in [0, 0.1) is 0 Å². The van der Waals surface area contributed by atoms with E-state index < -0.39 is 16.0 Å². The van der Waals surface area contributed by atoms with Crippen LogP contribution in [-0.2, 0) is 21.4 Å². The Morgan fingerprint density at radius 3 is 2.67 bits per heavy atom. The first-order valence-electron chi connectivity index (χ1n) is 9.46. The number of sulfonamides is 1. The fourth-order valence-corrected chi connectivity index (χ4v) is 5.98. The molecule has 3 aromatic rings. The summed E-state index contributed by atoms with van der Waals surface area (Å²) in [5.74, 6) is 0.432. The Morgan fingerprint density at radius 1 is 1.10 bits per heavy atom. The van der Waals surface area contributed by atoms with E-state index in [0.29, 0.717) is 30.2 Å². The molecule has 0 unspecified atom stereocenters. The molecule has 2 aromatic heterocycles. The molecular weight excluding hydrogens is 424 g/mol. The molecule has 1 aromatic carbocycles. The van der Waals surface area contributed by atoms with Crippen LogP contribution in [0.1, 0.15) is 28.1 Å². The second-order valence-electron chi connectivity index (χ2n) is 6.70. The van der Waals surface area contributed by atoms with Gasteiger partial charge in [0.25, 0.3) is 0 Å². The van der Waals surface area contributed by atoms with Crippen LogP contribution >= 0.6 is 11.3 Å². The first kappa shape index (κ1) is 20.5. The number of benzene rings is 1. The Bertz CT molecular complexity index is 1120. The highest BCUT2D eigenvalue weighted by Crippen LogP contribution is 2.29. The van der Waals surface area contributed by atoms with E-state index in [4.69, 9.17) is 9.47 Å². The maximum Gasteiger partial charge on any atom is 0.350 e. The van der Waals surface area contributed by atoms with Gasteiger partial charge >= 0.3 is 5.97 Å². The van der Waals surface area contributed by atoms with Crippen LogP contribution in [0.4, 0.5) is 0 Å². The fraction of sp³-hybridized carbons (Fsp3) is 0.238. The number of nitrogens with zero attached hydrogens (tertiary/aromatic N) is 2. The lowest BCUT2D eigenvalue weighted by Gasteiger charge is -2.15. The van der Waals surface area contributed by atoms with Crippen molar-refractivity contribution in [3.05, 3.63) is 70.7 Å². The number of para-hydroxylation sites is 1. The Kier molecular flexibility index (Phi) is 6.12. The van der Waals surface area contributed by atoms with Crippen LogP contribution in [0.15, 0.2) is 65.1 Å². The van der Waals surface area contributed by atoms with E-state index in [2.05, 4.69) is 4.98 Å². The summed E-state index contributed by atoms with van der Waals surface area (Å²) >= 11 is 1.07. The van der Waals surface area contributed by atoms with Crippen molar-refractivity contribution in [3.63, 3.8) is 0 Å². The van der Waals surface area contributed by atoms with Gasteiger partial charge in [0.1, 0.15) is 27.9 Å². The lowest BCUT2D eigenvalue weighted by Crippen LogP contribution is -2.28. The molecule has 7 nitrogen and oxygen atoms in total. The quantitative estimate of drug-likeness (QED) is 0.511. The van der Waals surface area contributed by atoms with Gasteiger partial charge in [-0.2, -0.15) is 4.31 Å². The normalized spacial score (nSPS) is 14.5. The first-order chi connectivity index (χ1) is 14.6. The molecule has 0 N–H and O–H groups in total. The molecule has 1 fully saturated rings. The van der Waals surface area contributed by atoms with Crippen molar-refractivity contribution < 1.29 is 22.7 Å². The summed E-state index contributed by atoms with van der Waals surface area (Å²) in [4.78, 5) is 16.8. The lowest BCUT2D eigenvalue weighted by atomic mass is 10.2. The second-order valence-corrected chi connectivity index (χ2v) is 9.52. The first-order valence-corrected chi connectivity index (χ1v) is 11.8. The second kappa shape index (κ2) is 8.95. The zero-order valence-corrected chi connectivity index (χ0v) is 17.7. The molecule has 4 rings (SSSR count). The number of carbonyl (C=O) groups excluding carboxylic acids is 1. The van der Waals surface area contributed by atoms with Gasteiger partial charge in [0.05, 0.1) is 6.20 Å². The molecule has 156 valence electrons. The van der Waals surface area contributed by atoms with Crippen LogP contribution in [0.2, 0.25) is 0 Å². The monoisotopic (exact) mass is 444 g/mol. The number of carbonyl (C=O) groups is 1. The summed E-state index contributed by atoms with van der Waals surface area (Å²) in [6.07, 6.45) is 4.90. The van der Waals surface area contributed by atoms with Gasteiger partial charge in [-0.3, -0.25) is 4.98 Å². The SMILES string of the molecule is O=C(OCc1ccccc1Oc1cccnc1)c1sccc1S(=O)(=O)N1CCCC1. The third-order valence-electron chi connectivity index (χ3n) is 4.69. The van der Waals surface area contributed by atoms with Crippen molar-refractivity contribution in [1.82, 2.24) is 9.29 Å². The number of hydrogen-bond donors (Lipinski definition) is 0. The molecule has 0 spiro atoms. The van der Waals surface area contributed by atoms with Crippen LogP contribution in [0.25, 0.3) is 0 Å². The van der Waals surface area contributed by atoms with Crippen molar-refractivity contribution in [2.24, 2.45) is 0 Å². The average molecular weight is 445 g/mol. The highest BCUT2D eigenvalue weighted by Gasteiger charge is 2.32. The summed E-state index contributed by atoms with van der Waals surface area (Å²) in [6.45, 7) is 0.911. The molecule has 0 saturated carbocycles. The molecule has 0 atom stereocenters. The largest absolute Gasteiger partial charge is 0.456 e. The summed E-state index contributed by atoms with van der Waals surface area (Å²) in [5.41, 5.74) is 0.662. The third-order valence-corrected chi connectivity index (χ3v) is 7.66. The van der Waals surface area contributed by atoms with Gasteiger partial charge in [0, 0.05) is 24.8 Å². The van der Waals surface area contributed by atoms with Crippen LogP contribution in [-0.4, -0.2) is 36.8 Å². The zero-order valence-electron chi connectivity index (χ0n) is 16.1. The van der Waals surface area contributed by atoms with Crippen molar-refractivity contribution >= 4 is 27.3 Å². The Morgan fingerprint density at radius 2 is 1.90 bits per heavy atom. The number of pyridine rings is 1. The third kappa shape index (κ3) is 4.38. The predicted octanol–water partition coefficient (Wildman–Crippen LogP) is 4.08.